The summed E-state index contributed by atoms with van der Waals surface area (Å²) in [4.78, 5) is 11.3. The van der Waals surface area contributed by atoms with Gasteiger partial charge in [0, 0.05) is 23.7 Å². The molecular weight excluding hydrogens is 550 g/mol. The van der Waals surface area contributed by atoms with E-state index < -0.39 is 48.4 Å². The molecule has 0 aromatic heterocycles. The van der Waals surface area contributed by atoms with Gasteiger partial charge in [0.15, 0.2) is 9.84 Å². The molecule has 0 bridgehead atoms. The summed E-state index contributed by atoms with van der Waals surface area (Å²) >= 11 is 5.91. The number of hydrogen-bond acceptors (Lipinski definition) is 5. The number of aliphatic carboxylic acids is 1. The van der Waals surface area contributed by atoms with Gasteiger partial charge in [-0.05, 0) is 86.9 Å². The lowest BCUT2D eigenvalue weighted by molar-refractivity contribution is -0.140. The van der Waals surface area contributed by atoms with Gasteiger partial charge in [0.25, 0.3) is 10.2 Å². The summed E-state index contributed by atoms with van der Waals surface area (Å²) in [6.45, 7) is 0.0616. The molecule has 0 radical (unpaired) electrons. The maximum atomic E-state index is 15.0. The number of nitrogens with zero attached hydrogens (tertiary/aromatic N) is 1. The first-order valence-corrected chi connectivity index (χ1v) is 15.1. The fourth-order valence-electron chi connectivity index (χ4n) is 5.30. The Hall–Kier alpha value is -2.12. The normalized spacial score (nSPS) is 25.3. The average Bonchev–Trinajstić information content (AvgIpc) is 3.37. The average molecular weight is 577 g/mol. The first-order chi connectivity index (χ1) is 17.4. The van der Waals surface area contributed by atoms with E-state index in [1.54, 1.807) is 0 Å². The third-order valence-electron chi connectivity index (χ3n) is 7.32. The van der Waals surface area contributed by atoms with Crippen molar-refractivity contribution in [2.24, 2.45) is 5.92 Å². The molecule has 4 rings (SSSR count). The van der Waals surface area contributed by atoms with Gasteiger partial charge in [0.05, 0.1) is 4.90 Å². The lowest BCUT2D eigenvalue weighted by Crippen LogP contribution is -2.48. The number of benzene rings is 2. The minimum atomic E-state index is -4.21. The number of nitrogens with one attached hydrogen (secondary N) is 1. The molecular formula is C24H27ClF2N2O6S2. The highest BCUT2D eigenvalue weighted by Gasteiger charge is 2.50. The second kappa shape index (κ2) is 10.6. The number of halogens is 3. The minimum Gasteiger partial charge on any atom is -0.480 e. The fraction of sp³-hybridized carbons (Fsp3) is 0.458. The maximum Gasteiger partial charge on any atom is 0.322 e. The van der Waals surface area contributed by atoms with Gasteiger partial charge in [0.1, 0.15) is 22.4 Å². The van der Waals surface area contributed by atoms with Crippen LogP contribution in [-0.4, -0.2) is 51.3 Å². The monoisotopic (exact) mass is 576 g/mol. The number of sulfone groups is 1. The predicted octanol–water partition coefficient (Wildman–Crippen LogP) is 3.86. The molecule has 8 nitrogen and oxygen atoms in total. The second-order valence-corrected chi connectivity index (χ2v) is 13.9. The van der Waals surface area contributed by atoms with E-state index in [1.807, 2.05) is 0 Å². The van der Waals surface area contributed by atoms with Gasteiger partial charge < -0.3 is 5.11 Å². The summed E-state index contributed by atoms with van der Waals surface area (Å²) in [7, 11) is -8.27. The molecule has 37 heavy (non-hydrogen) atoms. The number of carboxylic acids is 1. The van der Waals surface area contributed by atoms with Crippen molar-refractivity contribution in [2.45, 2.75) is 54.2 Å². The Morgan fingerprint density at radius 2 is 1.70 bits per heavy atom. The number of carbonyl (C=O) groups is 1. The molecule has 2 fully saturated rings. The van der Waals surface area contributed by atoms with Crippen LogP contribution >= 0.6 is 11.6 Å². The van der Waals surface area contributed by atoms with Crippen molar-refractivity contribution < 1.29 is 35.5 Å². The Morgan fingerprint density at radius 1 is 1.05 bits per heavy atom. The Labute approximate surface area is 219 Å². The predicted molar refractivity (Wildman–Crippen MR) is 133 cm³/mol. The topological polar surface area (TPSA) is 121 Å². The highest BCUT2D eigenvalue weighted by molar-refractivity contribution is 7.92. The Balaban J connectivity index is 1.58. The largest absolute Gasteiger partial charge is 0.480 e. The quantitative estimate of drug-likeness (QED) is 0.492. The van der Waals surface area contributed by atoms with Crippen molar-refractivity contribution in [3.63, 3.8) is 0 Å². The van der Waals surface area contributed by atoms with Crippen LogP contribution in [0, 0.1) is 17.6 Å². The first kappa shape index (κ1) is 27.9. The van der Waals surface area contributed by atoms with Crippen LogP contribution in [0.15, 0.2) is 47.4 Å². The molecule has 1 aliphatic heterocycles. The summed E-state index contributed by atoms with van der Waals surface area (Å²) in [5.41, 5.74) is -0.261. The van der Waals surface area contributed by atoms with Gasteiger partial charge in [-0.25, -0.2) is 21.9 Å². The zero-order chi connectivity index (χ0) is 27.0. The third kappa shape index (κ3) is 5.40. The van der Waals surface area contributed by atoms with Gasteiger partial charge in [-0.3, -0.25) is 4.79 Å². The molecule has 2 aromatic rings. The number of carboxylic acid groups (broad SMARTS) is 1. The van der Waals surface area contributed by atoms with Crippen molar-refractivity contribution in [1.29, 1.82) is 0 Å². The molecule has 0 amide bonds. The summed E-state index contributed by atoms with van der Waals surface area (Å²) in [6, 6.07) is 7.07. The smallest absolute Gasteiger partial charge is 0.322 e. The Morgan fingerprint density at radius 3 is 2.32 bits per heavy atom. The molecule has 2 N–H and O–H groups in total. The van der Waals surface area contributed by atoms with Crippen molar-refractivity contribution in [1.82, 2.24) is 9.03 Å². The van der Waals surface area contributed by atoms with Crippen molar-refractivity contribution >= 4 is 37.6 Å². The van der Waals surface area contributed by atoms with Gasteiger partial charge in [-0.2, -0.15) is 12.7 Å². The Bertz CT molecular complexity index is 1380. The van der Waals surface area contributed by atoms with E-state index in [1.165, 1.54) is 24.3 Å². The van der Waals surface area contributed by atoms with Gasteiger partial charge in [0.2, 0.25) is 0 Å². The van der Waals surface area contributed by atoms with Gasteiger partial charge in [-0.1, -0.05) is 11.6 Å². The molecule has 202 valence electrons. The zero-order valence-corrected chi connectivity index (χ0v) is 22.1. The van der Waals surface area contributed by atoms with E-state index in [2.05, 4.69) is 4.72 Å². The summed E-state index contributed by atoms with van der Waals surface area (Å²) < 4.78 is 84.0. The van der Waals surface area contributed by atoms with Gasteiger partial charge in [-0.15, -0.1) is 0 Å². The highest BCUT2D eigenvalue weighted by Crippen LogP contribution is 2.49. The zero-order valence-electron chi connectivity index (χ0n) is 19.7. The SMILES string of the molecule is O=C(O)[C@@H]1CCCN1S(=O)(=O)NCC1CCC(c2cc(F)ccc2F)(S(=O)(=O)c2ccc(Cl)cc2)CC1. The van der Waals surface area contributed by atoms with Crippen LogP contribution in [0.1, 0.15) is 44.1 Å². The highest BCUT2D eigenvalue weighted by atomic mass is 35.5. The van der Waals surface area contributed by atoms with Crippen LogP contribution in [0.25, 0.3) is 0 Å². The van der Waals surface area contributed by atoms with Crippen LogP contribution in [0.2, 0.25) is 5.02 Å². The van der Waals surface area contributed by atoms with E-state index >= 15 is 0 Å². The molecule has 1 saturated carbocycles. The van der Waals surface area contributed by atoms with Gasteiger partial charge >= 0.3 is 5.97 Å². The van der Waals surface area contributed by atoms with Crippen LogP contribution < -0.4 is 4.72 Å². The lowest BCUT2D eigenvalue weighted by Gasteiger charge is -2.40. The first-order valence-electron chi connectivity index (χ1n) is 11.8. The molecule has 0 spiro atoms. The van der Waals surface area contributed by atoms with E-state index in [4.69, 9.17) is 11.6 Å². The van der Waals surface area contributed by atoms with Crippen LogP contribution in [0.4, 0.5) is 8.78 Å². The number of rotatable bonds is 8. The summed E-state index contributed by atoms with van der Waals surface area (Å²) in [5, 5.41) is 9.62. The van der Waals surface area contributed by atoms with E-state index in [0.717, 1.165) is 22.5 Å². The maximum absolute atomic E-state index is 15.0. The Kier molecular flexibility index (Phi) is 7.97. The lowest BCUT2D eigenvalue weighted by atomic mass is 9.77. The molecule has 13 heteroatoms. The fourth-order valence-corrected chi connectivity index (χ4v) is 9.10. The summed E-state index contributed by atoms with van der Waals surface area (Å²) in [5.74, 6) is -3.11. The molecule has 1 atom stereocenters. The van der Waals surface area contributed by atoms with E-state index in [9.17, 15) is 35.5 Å². The number of hydrogen-bond donors (Lipinski definition) is 2. The van der Waals surface area contributed by atoms with Crippen LogP contribution in [0.3, 0.4) is 0 Å². The van der Waals surface area contributed by atoms with Crippen molar-refractivity contribution in [3.8, 4) is 0 Å². The standard InChI is InChI=1S/C24H27ClF2N2O6S2/c25-17-3-6-19(7-4-17)36(32,33)24(20-14-18(26)5-8-21(20)27)11-9-16(10-12-24)15-28-37(34,35)29-13-1-2-22(29)23(30)31/h3-8,14,16,22,28H,1-2,9-13,15H2,(H,30,31)/t16?,22-,24?/m0/s1. The molecule has 2 aliphatic rings. The van der Waals surface area contributed by atoms with Crippen LogP contribution in [0.5, 0.6) is 0 Å². The molecule has 1 saturated heterocycles. The summed E-state index contributed by atoms with van der Waals surface area (Å²) in [6.07, 6.45) is 0.967. The third-order valence-corrected chi connectivity index (χ3v) is 11.7. The van der Waals surface area contributed by atoms with Crippen LogP contribution in [-0.2, 0) is 29.6 Å². The molecule has 0 unspecified atom stereocenters. The molecule has 1 heterocycles. The minimum absolute atomic E-state index is 0.0339. The van der Waals surface area contributed by atoms with Crippen molar-refractivity contribution in [2.75, 3.05) is 13.1 Å². The van der Waals surface area contributed by atoms with E-state index in [0.29, 0.717) is 11.4 Å². The molecule has 1 aliphatic carbocycles. The second-order valence-electron chi connectivity index (χ2n) is 9.48. The molecule has 2 aromatic carbocycles. The van der Waals surface area contributed by atoms with Crippen molar-refractivity contribution in [3.05, 3.63) is 64.7 Å². The van der Waals surface area contributed by atoms with E-state index in [-0.39, 0.29) is 61.6 Å².